The third kappa shape index (κ3) is 6.38. The summed E-state index contributed by atoms with van der Waals surface area (Å²) in [4.78, 5) is 26.4. The van der Waals surface area contributed by atoms with Crippen LogP contribution in [0.1, 0.15) is 34.3 Å². The largest absolute Gasteiger partial charge is 0.573 e. The molecule has 2 aromatic carbocycles. The van der Waals surface area contributed by atoms with Crippen LogP contribution in [0.3, 0.4) is 0 Å². The van der Waals surface area contributed by atoms with Gasteiger partial charge in [0.2, 0.25) is 5.91 Å². The first-order valence-corrected chi connectivity index (χ1v) is 10.3. The van der Waals surface area contributed by atoms with Crippen LogP contribution in [0.25, 0.3) is 0 Å². The van der Waals surface area contributed by atoms with Crippen molar-refractivity contribution in [1.82, 2.24) is 10.2 Å². The second kappa shape index (κ2) is 9.93. The van der Waals surface area contributed by atoms with Crippen LogP contribution < -0.4 is 14.8 Å². The van der Waals surface area contributed by atoms with Crippen LogP contribution in [-0.4, -0.2) is 49.3 Å². The molecule has 1 saturated heterocycles. The number of likely N-dealkylation sites (tertiary alicyclic amines) is 1. The predicted molar refractivity (Wildman–Crippen MR) is 112 cm³/mol. The van der Waals surface area contributed by atoms with Crippen molar-refractivity contribution in [3.63, 3.8) is 0 Å². The van der Waals surface area contributed by atoms with Crippen molar-refractivity contribution in [2.45, 2.75) is 38.7 Å². The van der Waals surface area contributed by atoms with Crippen molar-refractivity contribution in [1.29, 1.82) is 0 Å². The van der Waals surface area contributed by atoms with Gasteiger partial charge < -0.3 is 19.7 Å². The second-order valence-electron chi connectivity index (χ2n) is 7.65. The average Bonchev–Trinajstić information content (AvgIpc) is 2.75. The molecule has 9 heteroatoms. The number of ether oxygens (including phenoxy) is 2. The Morgan fingerprint density at radius 1 is 1.09 bits per heavy atom. The molecule has 0 unspecified atom stereocenters. The van der Waals surface area contributed by atoms with Crippen LogP contribution in [0.15, 0.2) is 42.5 Å². The summed E-state index contributed by atoms with van der Waals surface area (Å²) in [5.41, 5.74) is 2.04. The molecule has 2 amide bonds. The molecule has 172 valence electrons. The van der Waals surface area contributed by atoms with Gasteiger partial charge in [0.15, 0.2) is 0 Å². The predicted octanol–water partition coefficient (Wildman–Crippen LogP) is 3.87. The van der Waals surface area contributed by atoms with E-state index in [0.717, 1.165) is 5.56 Å². The van der Waals surface area contributed by atoms with Crippen LogP contribution in [0.2, 0.25) is 0 Å². The van der Waals surface area contributed by atoms with E-state index in [1.54, 1.807) is 24.1 Å². The van der Waals surface area contributed by atoms with Gasteiger partial charge in [-0.15, -0.1) is 13.2 Å². The summed E-state index contributed by atoms with van der Waals surface area (Å²) in [6.45, 7) is 2.90. The maximum Gasteiger partial charge on any atom is 0.573 e. The molecule has 0 radical (unpaired) electrons. The zero-order valence-electron chi connectivity index (χ0n) is 17.9. The van der Waals surface area contributed by atoms with Gasteiger partial charge in [-0.1, -0.05) is 23.8 Å². The first-order chi connectivity index (χ1) is 15.1. The summed E-state index contributed by atoms with van der Waals surface area (Å²) in [5.74, 6) is -0.128. The van der Waals surface area contributed by atoms with Gasteiger partial charge in [0.25, 0.3) is 5.91 Å². The highest BCUT2D eigenvalue weighted by Crippen LogP contribution is 2.26. The van der Waals surface area contributed by atoms with E-state index in [1.807, 2.05) is 13.0 Å². The Bertz CT molecular complexity index is 953. The first kappa shape index (κ1) is 23.4. The number of piperidine rings is 1. The van der Waals surface area contributed by atoms with E-state index in [1.165, 1.54) is 24.3 Å². The van der Waals surface area contributed by atoms with Crippen LogP contribution in [-0.2, 0) is 11.2 Å². The topological polar surface area (TPSA) is 67.9 Å². The molecule has 1 heterocycles. The molecule has 0 aliphatic carbocycles. The molecule has 6 nitrogen and oxygen atoms in total. The smallest absolute Gasteiger partial charge is 0.489 e. The second-order valence-corrected chi connectivity index (χ2v) is 7.65. The highest BCUT2D eigenvalue weighted by molar-refractivity contribution is 5.96. The molecule has 1 aliphatic heterocycles. The molecule has 1 fully saturated rings. The zero-order valence-corrected chi connectivity index (χ0v) is 17.9. The maximum atomic E-state index is 12.6. The quantitative estimate of drug-likeness (QED) is 0.726. The molecule has 3 rings (SSSR count). The Labute approximate surface area is 184 Å². The normalized spacial score (nSPS) is 14.7. The molecular weight excluding hydrogens is 425 g/mol. The van der Waals surface area contributed by atoms with Crippen molar-refractivity contribution in [2.75, 3.05) is 20.1 Å². The highest BCUT2D eigenvalue weighted by Gasteiger charge is 2.31. The van der Waals surface area contributed by atoms with Gasteiger partial charge in [0, 0.05) is 33.0 Å². The number of nitrogens with one attached hydrogen (secondary N) is 1. The molecule has 0 atom stereocenters. The number of rotatable bonds is 6. The van der Waals surface area contributed by atoms with Gasteiger partial charge in [-0.3, -0.25) is 9.59 Å². The van der Waals surface area contributed by atoms with E-state index in [2.05, 4.69) is 10.1 Å². The first-order valence-electron chi connectivity index (χ1n) is 10.3. The summed E-state index contributed by atoms with van der Waals surface area (Å²) in [7, 11) is 1.56. The summed E-state index contributed by atoms with van der Waals surface area (Å²) < 4.78 is 46.6. The molecule has 1 N–H and O–H groups in total. The third-order valence-electron chi connectivity index (χ3n) is 5.21. The Balaban J connectivity index is 1.53. The number of halogens is 3. The number of nitrogens with zero attached hydrogens (tertiary/aromatic N) is 1. The average molecular weight is 450 g/mol. The molecule has 0 aromatic heterocycles. The summed E-state index contributed by atoms with van der Waals surface area (Å²) in [5, 5.41) is 2.61. The summed E-state index contributed by atoms with van der Waals surface area (Å²) >= 11 is 0. The molecule has 0 bridgehead atoms. The van der Waals surface area contributed by atoms with Crippen molar-refractivity contribution >= 4 is 11.8 Å². The monoisotopic (exact) mass is 450 g/mol. The number of alkyl halides is 3. The molecule has 0 saturated carbocycles. The molecule has 0 spiro atoms. The van der Waals surface area contributed by atoms with Crippen LogP contribution in [0.4, 0.5) is 13.2 Å². The van der Waals surface area contributed by atoms with E-state index >= 15 is 0 Å². The molecule has 32 heavy (non-hydrogen) atoms. The van der Waals surface area contributed by atoms with Gasteiger partial charge in [-0.2, -0.15) is 0 Å². The van der Waals surface area contributed by atoms with Gasteiger partial charge in [-0.25, -0.2) is 0 Å². The lowest BCUT2D eigenvalue weighted by molar-refractivity contribution is -0.274. The van der Waals surface area contributed by atoms with Gasteiger partial charge in [-0.05, 0) is 36.8 Å². The summed E-state index contributed by atoms with van der Waals surface area (Å²) in [6.07, 6.45) is -3.54. The Hall–Kier alpha value is -3.23. The lowest BCUT2D eigenvalue weighted by Gasteiger charge is -2.32. The molecule has 1 aliphatic rings. The number of aryl methyl sites for hydroxylation is 1. The number of carbonyl (C=O) groups excluding carboxylic acids is 2. The SMILES string of the molecule is CNC(=O)c1cc(C)ccc1OC1CCN(C(=O)Cc2ccc(OC(F)(F)F)cc2)CC1. The fourth-order valence-corrected chi connectivity index (χ4v) is 3.56. The minimum Gasteiger partial charge on any atom is -0.489 e. The fourth-order valence-electron chi connectivity index (χ4n) is 3.56. The van der Waals surface area contributed by atoms with Gasteiger partial charge in [0.05, 0.1) is 12.0 Å². The van der Waals surface area contributed by atoms with E-state index in [-0.39, 0.29) is 30.1 Å². The van der Waals surface area contributed by atoms with Crippen molar-refractivity contribution in [3.05, 3.63) is 59.2 Å². The van der Waals surface area contributed by atoms with Crippen molar-refractivity contribution in [3.8, 4) is 11.5 Å². The van der Waals surface area contributed by atoms with Crippen molar-refractivity contribution < 1.29 is 32.2 Å². The minimum atomic E-state index is -4.75. The van der Waals surface area contributed by atoms with Crippen LogP contribution in [0, 0.1) is 6.92 Å². The van der Waals surface area contributed by atoms with E-state index in [0.29, 0.717) is 42.8 Å². The van der Waals surface area contributed by atoms with E-state index < -0.39 is 6.36 Å². The zero-order chi connectivity index (χ0) is 23.3. The van der Waals surface area contributed by atoms with E-state index in [9.17, 15) is 22.8 Å². The van der Waals surface area contributed by atoms with Crippen molar-refractivity contribution in [2.24, 2.45) is 0 Å². The minimum absolute atomic E-state index is 0.0939. The number of amides is 2. The Morgan fingerprint density at radius 3 is 2.34 bits per heavy atom. The maximum absolute atomic E-state index is 12.6. The number of hydrogen-bond acceptors (Lipinski definition) is 4. The van der Waals surface area contributed by atoms with E-state index in [4.69, 9.17) is 4.74 Å². The Kier molecular flexibility index (Phi) is 7.27. The van der Waals surface area contributed by atoms with Gasteiger partial charge >= 0.3 is 6.36 Å². The molecule has 2 aromatic rings. The number of benzene rings is 2. The molecular formula is C23H25F3N2O4. The Morgan fingerprint density at radius 2 is 1.75 bits per heavy atom. The lowest BCUT2D eigenvalue weighted by atomic mass is 10.0. The summed E-state index contributed by atoms with van der Waals surface area (Å²) in [6, 6.07) is 10.7. The number of hydrogen-bond donors (Lipinski definition) is 1. The number of carbonyl (C=O) groups is 2. The van der Waals surface area contributed by atoms with Crippen LogP contribution in [0.5, 0.6) is 11.5 Å². The van der Waals surface area contributed by atoms with Crippen LogP contribution >= 0.6 is 0 Å². The fraction of sp³-hybridized carbons (Fsp3) is 0.391. The lowest BCUT2D eigenvalue weighted by Crippen LogP contribution is -2.42. The standard InChI is InChI=1S/C23H25F3N2O4/c1-15-3-8-20(19(13-15)22(30)27-2)31-17-9-11-28(12-10-17)21(29)14-16-4-6-18(7-5-16)32-23(24,25)26/h3-8,13,17H,9-12,14H2,1-2H3,(H,27,30). The van der Waals surface area contributed by atoms with Gasteiger partial charge in [0.1, 0.15) is 17.6 Å². The highest BCUT2D eigenvalue weighted by atomic mass is 19.4. The third-order valence-corrected chi connectivity index (χ3v) is 5.21.